The fraction of sp³-hybridized carbons (Fsp3) is 0.933. The number of alkyl halides is 1. The van der Waals surface area contributed by atoms with E-state index >= 15 is 0 Å². The molecule has 1 N–H and O–H groups in total. The summed E-state index contributed by atoms with van der Waals surface area (Å²) in [5, 5.41) is 3.16. The molecule has 0 spiro atoms. The van der Waals surface area contributed by atoms with Gasteiger partial charge in [0.05, 0.1) is 0 Å². The van der Waals surface area contributed by atoms with Gasteiger partial charge in [-0.3, -0.25) is 4.79 Å². The van der Waals surface area contributed by atoms with Crippen LogP contribution in [0.25, 0.3) is 0 Å². The highest BCUT2D eigenvalue weighted by Gasteiger charge is 2.27. The Bertz CT molecular complexity index is 239. The van der Waals surface area contributed by atoms with E-state index in [2.05, 4.69) is 19.2 Å². The average molecular weight is 274 g/mol. The molecule has 1 fully saturated rings. The summed E-state index contributed by atoms with van der Waals surface area (Å²) >= 11 is 5.97. The Labute approximate surface area is 117 Å². The number of nitrogens with one attached hydrogen (secondary N) is 1. The van der Waals surface area contributed by atoms with E-state index in [9.17, 15) is 4.79 Å². The highest BCUT2D eigenvalue weighted by atomic mass is 35.5. The van der Waals surface area contributed by atoms with E-state index in [0.717, 1.165) is 38.1 Å². The van der Waals surface area contributed by atoms with Gasteiger partial charge in [0.1, 0.15) is 0 Å². The second-order valence-corrected chi connectivity index (χ2v) is 5.93. The molecular weight excluding hydrogens is 246 g/mol. The third-order valence-electron chi connectivity index (χ3n) is 4.20. The highest BCUT2D eigenvalue weighted by Crippen LogP contribution is 2.32. The Kier molecular flexibility index (Phi) is 7.73. The van der Waals surface area contributed by atoms with E-state index in [-0.39, 0.29) is 11.8 Å². The Morgan fingerprint density at radius 2 is 1.83 bits per heavy atom. The van der Waals surface area contributed by atoms with Crippen LogP contribution in [0, 0.1) is 17.8 Å². The first-order valence-corrected chi connectivity index (χ1v) is 8.10. The predicted octanol–water partition coefficient (Wildman–Crippen LogP) is 3.97. The van der Waals surface area contributed by atoms with Crippen molar-refractivity contribution in [2.24, 2.45) is 17.8 Å². The number of carbonyl (C=O) groups is 1. The third kappa shape index (κ3) is 4.79. The molecule has 1 aliphatic carbocycles. The molecule has 0 aromatic carbocycles. The smallest absolute Gasteiger partial charge is 0.223 e. The summed E-state index contributed by atoms with van der Waals surface area (Å²) in [5.74, 6) is 2.45. The Hall–Kier alpha value is -0.240. The van der Waals surface area contributed by atoms with Crippen LogP contribution in [0.3, 0.4) is 0 Å². The lowest BCUT2D eigenvalue weighted by Crippen LogP contribution is -2.35. The van der Waals surface area contributed by atoms with E-state index in [0.29, 0.717) is 11.8 Å². The van der Waals surface area contributed by atoms with Crippen molar-refractivity contribution < 1.29 is 4.79 Å². The molecule has 0 aromatic heterocycles. The molecule has 0 radical (unpaired) electrons. The van der Waals surface area contributed by atoms with Crippen molar-refractivity contribution in [3.05, 3.63) is 0 Å². The summed E-state index contributed by atoms with van der Waals surface area (Å²) in [6.45, 7) is 5.13. The maximum atomic E-state index is 12.1. The summed E-state index contributed by atoms with van der Waals surface area (Å²) in [7, 11) is 0. The van der Waals surface area contributed by atoms with Gasteiger partial charge < -0.3 is 5.32 Å². The second-order valence-electron chi connectivity index (χ2n) is 5.62. The largest absolute Gasteiger partial charge is 0.356 e. The quantitative estimate of drug-likeness (QED) is 0.666. The van der Waals surface area contributed by atoms with Gasteiger partial charge in [0.2, 0.25) is 5.91 Å². The van der Waals surface area contributed by atoms with Gasteiger partial charge in [-0.1, -0.05) is 33.1 Å². The third-order valence-corrected chi connectivity index (χ3v) is 4.59. The molecule has 1 saturated carbocycles. The number of hydrogen-bond acceptors (Lipinski definition) is 1. The van der Waals surface area contributed by atoms with Crippen molar-refractivity contribution in [2.75, 3.05) is 12.4 Å². The van der Waals surface area contributed by atoms with Crippen molar-refractivity contribution in [1.82, 2.24) is 5.32 Å². The molecular formula is C15H28ClNO. The zero-order chi connectivity index (χ0) is 13.4. The van der Waals surface area contributed by atoms with Gasteiger partial charge in [-0.2, -0.15) is 0 Å². The van der Waals surface area contributed by atoms with E-state index in [1.54, 1.807) is 0 Å². The maximum Gasteiger partial charge on any atom is 0.223 e. The van der Waals surface area contributed by atoms with E-state index < -0.39 is 0 Å². The molecule has 0 saturated heterocycles. The molecule has 106 valence electrons. The van der Waals surface area contributed by atoms with Crippen molar-refractivity contribution in [1.29, 1.82) is 0 Å². The van der Waals surface area contributed by atoms with Gasteiger partial charge in [0.25, 0.3) is 0 Å². The Morgan fingerprint density at radius 3 is 2.39 bits per heavy atom. The van der Waals surface area contributed by atoms with Crippen LogP contribution in [0.4, 0.5) is 0 Å². The van der Waals surface area contributed by atoms with Gasteiger partial charge in [-0.15, -0.1) is 11.6 Å². The van der Waals surface area contributed by atoms with Crippen LogP contribution in [0.5, 0.6) is 0 Å². The van der Waals surface area contributed by atoms with Gasteiger partial charge in [-0.05, 0) is 37.5 Å². The van der Waals surface area contributed by atoms with Crippen molar-refractivity contribution in [2.45, 2.75) is 58.8 Å². The lowest BCUT2D eigenvalue weighted by Gasteiger charge is -2.20. The van der Waals surface area contributed by atoms with Crippen LogP contribution < -0.4 is 5.32 Å². The minimum Gasteiger partial charge on any atom is -0.356 e. The van der Waals surface area contributed by atoms with Gasteiger partial charge in [-0.25, -0.2) is 0 Å². The monoisotopic (exact) mass is 273 g/mol. The molecule has 1 rings (SSSR count). The van der Waals surface area contributed by atoms with Crippen LogP contribution in [0.2, 0.25) is 0 Å². The normalized spacial score (nSPS) is 23.6. The minimum atomic E-state index is 0.218. The van der Waals surface area contributed by atoms with Crippen molar-refractivity contribution >= 4 is 17.5 Å². The number of amides is 1. The Morgan fingerprint density at radius 1 is 1.22 bits per heavy atom. The fourth-order valence-electron chi connectivity index (χ4n) is 3.06. The lowest BCUT2D eigenvalue weighted by molar-refractivity contribution is -0.125. The molecule has 0 aliphatic heterocycles. The Balaban J connectivity index is 2.34. The van der Waals surface area contributed by atoms with Crippen LogP contribution in [-0.2, 0) is 4.79 Å². The summed E-state index contributed by atoms with van der Waals surface area (Å²) in [4.78, 5) is 12.1. The number of carbonyl (C=O) groups excluding carboxylic acids is 1. The molecule has 2 nitrogen and oxygen atoms in total. The minimum absolute atomic E-state index is 0.218. The molecule has 0 bridgehead atoms. The van der Waals surface area contributed by atoms with Crippen molar-refractivity contribution in [3.8, 4) is 0 Å². The van der Waals surface area contributed by atoms with Crippen LogP contribution in [-0.4, -0.2) is 18.3 Å². The topological polar surface area (TPSA) is 29.1 Å². The van der Waals surface area contributed by atoms with Crippen molar-refractivity contribution in [3.63, 3.8) is 0 Å². The van der Waals surface area contributed by atoms with Gasteiger partial charge in [0, 0.05) is 18.3 Å². The standard InChI is InChI=1S/C15H28ClNO/c1-3-6-12(7-4-2)15(18)17-11-14-9-5-8-13(14)10-16/h12-14H,3-11H2,1-2H3,(H,17,18). The first-order valence-electron chi connectivity index (χ1n) is 7.56. The van der Waals surface area contributed by atoms with E-state index in [1.165, 1.54) is 19.3 Å². The van der Waals surface area contributed by atoms with Crippen LogP contribution in [0.15, 0.2) is 0 Å². The van der Waals surface area contributed by atoms with Gasteiger partial charge >= 0.3 is 0 Å². The molecule has 1 aliphatic rings. The highest BCUT2D eigenvalue weighted by molar-refractivity contribution is 6.18. The fourth-order valence-corrected chi connectivity index (χ4v) is 3.47. The molecule has 2 atom stereocenters. The molecule has 3 heteroatoms. The van der Waals surface area contributed by atoms with Crippen LogP contribution >= 0.6 is 11.6 Å². The van der Waals surface area contributed by atoms with Gasteiger partial charge in [0.15, 0.2) is 0 Å². The number of halogens is 1. The summed E-state index contributed by atoms with van der Waals surface area (Å²) < 4.78 is 0. The molecule has 2 unspecified atom stereocenters. The maximum absolute atomic E-state index is 12.1. The number of hydrogen-bond donors (Lipinski definition) is 1. The molecule has 18 heavy (non-hydrogen) atoms. The SMILES string of the molecule is CCCC(CCC)C(=O)NCC1CCCC1CCl. The summed E-state index contributed by atoms with van der Waals surface area (Å²) in [6.07, 6.45) is 7.94. The van der Waals surface area contributed by atoms with E-state index in [4.69, 9.17) is 11.6 Å². The molecule has 0 heterocycles. The molecule has 0 aromatic rings. The predicted molar refractivity (Wildman–Crippen MR) is 77.9 cm³/mol. The first kappa shape index (κ1) is 15.8. The summed E-state index contributed by atoms with van der Waals surface area (Å²) in [6, 6.07) is 0. The zero-order valence-corrected chi connectivity index (χ0v) is 12.6. The van der Waals surface area contributed by atoms with E-state index in [1.807, 2.05) is 0 Å². The zero-order valence-electron chi connectivity index (χ0n) is 11.9. The summed E-state index contributed by atoms with van der Waals surface area (Å²) in [5.41, 5.74) is 0. The number of rotatable bonds is 8. The average Bonchev–Trinajstić information content (AvgIpc) is 2.83. The second kappa shape index (κ2) is 8.79. The molecule has 1 amide bonds. The first-order chi connectivity index (χ1) is 8.72. The lowest BCUT2D eigenvalue weighted by atomic mass is 9.95. The van der Waals surface area contributed by atoms with Crippen LogP contribution in [0.1, 0.15) is 58.8 Å².